The van der Waals surface area contributed by atoms with E-state index in [1.807, 2.05) is 12.1 Å². The first-order valence-corrected chi connectivity index (χ1v) is 6.83. The molecular weight excluding hydrogens is 304 g/mol. The van der Waals surface area contributed by atoms with E-state index < -0.39 is 0 Å². The molecule has 1 aliphatic rings. The second-order valence-electron chi connectivity index (χ2n) is 4.17. The van der Waals surface area contributed by atoms with Gasteiger partial charge in [-0.25, -0.2) is 0 Å². The van der Waals surface area contributed by atoms with Crippen LogP contribution in [-0.2, 0) is 11.3 Å². The van der Waals surface area contributed by atoms with E-state index in [9.17, 15) is 0 Å². The zero-order valence-corrected chi connectivity index (χ0v) is 11.9. The first-order chi connectivity index (χ1) is 8.20. The fraction of sp³-hybridized carbons (Fsp3) is 0.500. The molecule has 94 valence electrons. The molecule has 0 amide bonds. The Labute approximate surface area is 115 Å². The van der Waals surface area contributed by atoms with Crippen LogP contribution in [0.2, 0.25) is 5.02 Å². The Balaban J connectivity index is 2.08. The molecule has 1 aromatic carbocycles. The van der Waals surface area contributed by atoms with Gasteiger partial charge >= 0.3 is 0 Å². The van der Waals surface area contributed by atoms with Gasteiger partial charge in [0.1, 0.15) is 0 Å². The van der Waals surface area contributed by atoms with Crippen molar-refractivity contribution in [3.63, 3.8) is 0 Å². The summed E-state index contributed by atoms with van der Waals surface area (Å²) in [6.07, 6.45) is 0. The van der Waals surface area contributed by atoms with Gasteiger partial charge in [-0.2, -0.15) is 0 Å². The molecule has 0 bridgehead atoms. The van der Waals surface area contributed by atoms with Gasteiger partial charge in [0.25, 0.3) is 0 Å². The number of hydrogen-bond donors (Lipinski definition) is 1. The first kappa shape index (κ1) is 13.3. The van der Waals surface area contributed by atoms with Gasteiger partial charge in [-0.1, -0.05) is 33.6 Å². The zero-order valence-electron chi connectivity index (χ0n) is 9.53. The summed E-state index contributed by atoms with van der Waals surface area (Å²) < 4.78 is 6.43. The average molecular weight is 320 g/mol. The summed E-state index contributed by atoms with van der Waals surface area (Å²) in [5, 5.41) is 0.793. The Morgan fingerprint density at radius 2 is 2.35 bits per heavy atom. The second kappa shape index (κ2) is 6.16. The highest BCUT2D eigenvalue weighted by molar-refractivity contribution is 9.10. The molecule has 2 N–H and O–H groups in total. The largest absolute Gasteiger partial charge is 0.378 e. The highest BCUT2D eigenvalue weighted by atomic mass is 79.9. The predicted molar refractivity (Wildman–Crippen MR) is 73.2 cm³/mol. The molecule has 1 atom stereocenters. The predicted octanol–water partition coefficient (Wildman–Crippen LogP) is 2.26. The third kappa shape index (κ3) is 3.42. The summed E-state index contributed by atoms with van der Waals surface area (Å²) in [4.78, 5) is 2.33. The van der Waals surface area contributed by atoms with E-state index in [4.69, 9.17) is 22.1 Å². The van der Waals surface area contributed by atoms with Crippen molar-refractivity contribution in [2.75, 3.05) is 26.3 Å². The normalized spacial score (nSPS) is 21.7. The first-order valence-electron chi connectivity index (χ1n) is 5.66. The van der Waals surface area contributed by atoms with Crippen LogP contribution < -0.4 is 5.73 Å². The van der Waals surface area contributed by atoms with Crippen molar-refractivity contribution in [2.24, 2.45) is 5.73 Å². The van der Waals surface area contributed by atoms with Gasteiger partial charge in [-0.3, -0.25) is 4.90 Å². The molecule has 17 heavy (non-hydrogen) atoms. The molecule has 2 rings (SSSR count). The Morgan fingerprint density at radius 3 is 3.06 bits per heavy atom. The molecule has 5 heteroatoms. The Hall–Kier alpha value is -0.130. The van der Waals surface area contributed by atoms with E-state index in [1.54, 1.807) is 0 Å². The maximum Gasteiger partial charge on any atom is 0.0634 e. The Bertz CT molecular complexity index is 389. The number of halogens is 2. The van der Waals surface area contributed by atoms with Crippen LogP contribution in [0.4, 0.5) is 0 Å². The van der Waals surface area contributed by atoms with Crippen LogP contribution >= 0.6 is 27.5 Å². The highest BCUT2D eigenvalue weighted by Crippen LogP contribution is 2.23. The van der Waals surface area contributed by atoms with Gasteiger partial charge in [0, 0.05) is 35.2 Å². The fourth-order valence-corrected chi connectivity index (χ4v) is 2.72. The third-order valence-electron chi connectivity index (χ3n) is 3.01. The lowest BCUT2D eigenvalue weighted by atomic mass is 10.1. The second-order valence-corrected chi connectivity index (χ2v) is 5.49. The fourth-order valence-electron chi connectivity index (χ4n) is 1.98. The van der Waals surface area contributed by atoms with Crippen molar-refractivity contribution in [3.05, 3.63) is 33.3 Å². The van der Waals surface area contributed by atoms with Crippen LogP contribution in [0.5, 0.6) is 0 Å². The molecule has 1 fully saturated rings. The SMILES string of the molecule is NCC1COCCN1Cc1ccc(Br)cc1Cl. The van der Waals surface area contributed by atoms with Crippen LogP contribution in [0.1, 0.15) is 5.56 Å². The number of benzene rings is 1. The van der Waals surface area contributed by atoms with Crippen molar-refractivity contribution in [1.82, 2.24) is 4.90 Å². The summed E-state index contributed by atoms with van der Waals surface area (Å²) in [6, 6.07) is 6.28. The number of ether oxygens (including phenoxy) is 1. The number of nitrogens with zero attached hydrogens (tertiary/aromatic N) is 1. The van der Waals surface area contributed by atoms with E-state index in [0.29, 0.717) is 19.2 Å². The lowest BCUT2D eigenvalue weighted by Gasteiger charge is -2.35. The van der Waals surface area contributed by atoms with E-state index in [-0.39, 0.29) is 0 Å². The van der Waals surface area contributed by atoms with Crippen LogP contribution in [0.3, 0.4) is 0 Å². The van der Waals surface area contributed by atoms with Gasteiger partial charge in [0.05, 0.1) is 13.2 Å². The van der Waals surface area contributed by atoms with Crippen molar-refractivity contribution >= 4 is 27.5 Å². The molecule has 1 heterocycles. The highest BCUT2D eigenvalue weighted by Gasteiger charge is 2.22. The van der Waals surface area contributed by atoms with Crippen molar-refractivity contribution < 1.29 is 4.74 Å². The van der Waals surface area contributed by atoms with E-state index in [1.165, 1.54) is 0 Å². The molecule has 3 nitrogen and oxygen atoms in total. The molecule has 0 aromatic heterocycles. The van der Waals surface area contributed by atoms with Crippen molar-refractivity contribution in [2.45, 2.75) is 12.6 Å². The summed E-state index contributed by atoms with van der Waals surface area (Å²) in [5.74, 6) is 0. The molecule has 1 aliphatic heterocycles. The smallest absolute Gasteiger partial charge is 0.0634 e. The maximum absolute atomic E-state index is 6.22. The quantitative estimate of drug-likeness (QED) is 0.929. The summed E-state index contributed by atoms with van der Waals surface area (Å²) in [6.45, 7) is 3.84. The van der Waals surface area contributed by atoms with Crippen LogP contribution in [0, 0.1) is 0 Å². The minimum Gasteiger partial charge on any atom is -0.378 e. The minimum absolute atomic E-state index is 0.295. The summed E-state index contributed by atoms with van der Waals surface area (Å²) in [7, 11) is 0. The monoisotopic (exact) mass is 318 g/mol. The van der Waals surface area contributed by atoms with Crippen molar-refractivity contribution in [3.8, 4) is 0 Å². The summed E-state index contributed by atoms with van der Waals surface area (Å²) >= 11 is 9.63. The number of rotatable bonds is 3. The van der Waals surface area contributed by atoms with Gasteiger partial charge in [0.2, 0.25) is 0 Å². The van der Waals surface area contributed by atoms with Crippen molar-refractivity contribution in [1.29, 1.82) is 0 Å². The third-order valence-corrected chi connectivity index (χ3v) is 3.86. The minimum atomic E-state index is 0.295. The van der Waals surface area contributed by atoms with Gasteiger partial charge in [0.15, 0.2) is 0 Å². The number of morpholine rings is 1. The van der Waals surface area contributed by atoms with E-state index >= 15 is 0 Å². The molecule has 1 unspecified atom stereocenters. The van der Waals surface area contributed by atoms with Gasteiger partial charge < -0.3 is 10.5 Å². The molecule has 0 aliphatic carbocycles. The lowest BCUT2D eigenvalue weighted by Crippen LogP contribution is -2.48. The topological polar surface area (TPSA) is 38.5 Å². The molecule has 1 aromatic rings. The molecular formula is C12H16BrClN2O. The van der Waals surface area contributed by atoms with Gasteiger partial charge in [-0.05, 0) is 17.7 Å². The molecule has 0 radical (unpaired) electrons. The Kier molecular flexibility index (Phi) is 4.82. The molecule has 0 saturated carbocycles. The van der Waals surface area contributed by atoms with E-state index in [2.05, 4.69) is 26.9 Å². The molecule has 0 spiro atoms. The number of nitrogens with two attached hydrogens (primary N) is 1. The zero-order chi connectivity index (χ0) is 12.3. The van der Waals surface area contributed by atoms with Gasteiger partial charge in [-0.15, -0.1) is 0 Å². The van der Waals surface area contributed by atoms with Crippen LogP contribution in [-0.4, -0.2) is 37.2 Å². The molecule has 1 saturated heterocycles. The van der Waals surface area contributed by atoms with E-state index in [0.717, 1.165) is 34.8 Å². The Morgan fingerprint density at radius 1 is 1.53 bits per heavy atom. The maximum atomic E-state index is 6.22. The lowest BCUT2D eigenvalue weighted by molar-refractivity contribution is -0.00791. The number of hydrogen-bond acceptors (Lipinski definition) is 3. The average Bonchev–Trinajstić information content (AvgIpc) is 2.33. The van der Waals surface area contributed by atoms with Crippen LogP contribution in [0.25, 0.3) is 0 Å². The van der Waals surface area contributed by atoms with Crippen LogP contribution in [0.15, 0.2) is 22.7 Å². The summed E-state index contributed by atoms with van der Waals surface area (Å²) in [5.41, 5.74) is 6.88. The standard InChI is InChI=1S/C12H16BrClN2O/c13-10-2-1-9(12(14)5-10)7-16-3-4-17-8-11(16)6-15/h1-2,5,11H,3-4,6-8,15H2.